The topological polar surface area (TPSA) is 89.6 Å². The van der Waals surface area contributed by atoms with Crippen LogP contribution in [0.4, 0.5) is 0 Å². The van der Waals surface area contributed by atoms with E-state index in [2.05, 4.69) is 0 Å². The van der Waals surface area contributed by atoms with Gasteiger partial charge in [-0.05, 0) is 24.3 Å². The second-order valence-corrected chi connectivity index (χ2v) is 3.30. The van der Waals surface area contributed by atoms with Gasteiger partial charge in [0.1, 0.15) is 11.8 Å². The van der Waals surface area contributed by atoms with Gasteiger partial charge in [-0.15, -0.1) is 12.4 Å². The standard InChI is InChI=1S/C11H13NO4.ClH/c1-16-8-4-2-7(3-5-8)10(13)6-9(12)11(14)15;/h2-5,9H,6,12H2,1H3,(H,14,15);1H/t9-;/m0./s1. The number of halogens is 1. The normalized spacial score (nSPS) is 11.2. The third-order valence-corrected chi connectivity index (χ3v) is 2.13. The molecule has 3 N–H and O–H groups in total. The predicted molar refractivity (Wildman–Crippen MR) is 64.8 cm³/mol. The van der Waals surface area contributed by atoms with Crippen molar-refractivity contribution in [2.24, 2.45) is 5.73 Å². The van der Waals surface area contributed by atoms with Gasteiger partial charge in [-0.1, -0.05) is 0 Å². The average molecular weight is 260 g/mol. The van der Waals surface area contributed by atoms with Crippen LogP contribution in [0.5, 0.6) is 5.75 Å². The van der Waals surface area contributed by atoms with Crippen molar-refractivity contribution in [3.8, 4) is 5.75 Å². The van der Waals surface area contributed by atoms with Gasteiger partial charge in [0.2, 0.25) is 0 Å². The fourth-order valence-electron chi connectivity index (χ4n) is 1.18. The van der Waals surface area contributed by atoms with Gasteiger partial charge >= 0.3 is 5.97 Å². The molecule has 0 aromatic heterocycles. The van der Waals surface area contributed by atoms with Crippen molar-refractivity contribution in [3.05, 3.63) is 29.8 Å². The van der Waals surface area contributed by atoms with Gasteiger partial charge in [0.05, 0.1) is 7.11 Å². The number of carbonyl (C=O) groups is 2. The minimum atomic E-state index is -1.18. The summed E-state index contributed by atoms with van der Waals surface area (Å²) in [5.74, 6) is -0.835. The van der Waals surface area contributed by atoms with Gasteiger partial charge < -0.3 is 15.6 Å². The number of carbonyl (C=O) groups excluding carboxylic acids is 1. The molecule has 94 valence electrons. The average Bonchev–Trinajstić information content (AvgIpc) is 2.28. The third kappa shape index (κ3) is 4.42. The monoisotopic (exact) mass is 259 g/mol. The summed E-state index contributed by atoms with van der Waals surface area (Å²) in [7, 11) is 1.52. The number of hydrogen-bond acceptors (Lipinski definition) is 4. The molecule has 1 aromatic carbocycles. The van der Waals surface area contributed by atoms with E-state index in [1.165, 1.54) is 7.11 Å². The number of methoxy groups -OCH3 is 1. The lowest BCUT2D eigenvalue weighted by atomic mass is 10.0. The molecule has 0 radical (unpaired) electrons. The smallest absolute Gasteiger partial charge is 0.320 e. The molecule has 0 saturated heterocycles. The Balaban J connectivity index is 0.00000256. The van der Waals surface area contributed by atoms with Gasteiger partial charge in [0.25, 0.3) is 0 Å². The number of carboxylic acid groups (broad SMARTS) is 1. The van der Waals surface area contributed by atoms with Gasteiger partial charge in [-0.25, -0.2) is 0 Å². The summed E-state index contributed by atoms with van der Waals surface area (Å²) in [6.07, 6.45) is -0.207. The van der Waals surface area contributed by atoms with Crippen molar-refractivity contribution in [1.82, 2.24) is 0 Å². The van der Waals surface area contributed by atoms with Crippen molar-refractivity contribution in [1.29, 1.82) is 0 Å². The van der Waals surface area contributed by atoms with Crippen LogP contribution in [-0.2, 0) is 4.79 Å². The van der Waals surface area contributed by atoms with Crippen LogP contribution in [-0.4, -0.2) is 30.0 Å². The highest BCUT2D eigenvalue weighted by molar-refractivity contribution is 5.98. The Kier molecular flexibility index (Phi) is 6.23. The first-order valence-corrected chi connectivity index (χ1v) is 4.70. The summed E-state index contributed by atoms with van der Waals surface area (Å²) in [5, 5.41) is 8.56. The molecule has 1 rings (SSSR count). The van der Waals surface area contributed by atoms with Gasteiger partial charge in [0, 0.05) is 12.0 Å². The van der Waals surface area contributed by atoms with Gasteiger partial charge in [-0.2, -0.15) is 0 Å². The zero-order chi connectivity index (χ0) is 12.1. The molecule has 1 atom stereocenters. The highest BCUT2D eigenvalue weighted by Crippen LogP contribution is 2.13. The van der Waals surface area contributed by atoms with Crippen molar-refractivity contribution in [2.45, 2.75) is 12.5 Å². The molecule has 6 heteroatoms. The predicted octanol–water partition coefficient (Wildman–Crippen LogP) is 1.10. The number of aliphatic carboxylic acids is 1. The van der Waals surface area contributed by atoms with Crippen LogP contribution in [0, 0.1) is 0 Å². The zero-order valence-electron chi connectivity index (χ0n) is 9.25. The van der Waals surface area contributed by atoms with Crippen LogP contribution in [0.25, 0.3) is 0 Å². The van der Waals surface area contributed by atoms with Crippen LogP contribution in [0.3, 0.4) is 0 Å². The number of carboxylic acids is 1. The molecule has 0 aliphatic carbocycles. The summed E-state index contributed by atoms with van der Waals surface area (Å²) >= 11 is 0. The molecule has 0 bridgehead atoms. The largest absolute Gasteiger partial charge is 0.497 e. The first-order valence-electron chi connectivity index (χ1n) is 4.70. The first kappa shape index (κ1) is 15.4. The van der Waals surface area contributed by atoms with E-state index in [0.29, 0.717) is 11.3 Å². The molecule has 0 amide bonds. The van der Waals surface area contributed by atoms with Crippen LogP contribution in [0.15, 0.2) is 24.3 Å². The number of Topliss-reactive ketones (excluding diaryl/α,β-unsaturated/α-hetero) is 1. The Morgan fingerprint density at radius 2 is 1.88 bits per heavy atom. The number of nitrogens with two attached hydrogens (primary N) is 1. The van der Waals surface area contributed by atoms with E-state index < -0.39 is 12.0 Å². The van der Waals surface area contributed by atoms with Gasteiger partial charge in [0.15, 0.2) is 5.78 Å². The minimum absolute atomic E-state index is 0. The quantitative estimate of drug-likeness (QED) is 0.773. The van der Waals surface area contributed by atoms with Crippen LogP contribution >= 0.6 is 12.4 Å². The lowest BCUT2D eigenvalue weighted by Gasteiger charge is -2.06. The summed E-state index contributed by atoms with van der Waals surface area (Å²) < 4.78 is 4.94. The van der Waals surface area contributed by atoms with Crippen LogP contribution in [0.1, 0.15) is 16.8 Å². The SMILES string of the molecule is COc1ccc(C(=O)C[C@H](N)C(=O)O)cc1.Cl. The van der Waals surface area contributed by atoms with E-state index in [4.69, 9.17) is 15.6 Å². The highest BCUT2D eigenvalue weighted by Gasteiger charge is 2.17. The second kappa shape index (κ2) is 6.88. The number of benzene rings is 1. The Hall–Kier alpha value is -1.59. The van der Waals surface area contributed by atoms with Gasteiger partial charge in [-0.3, -0.25) is 9.59 Å². The molecule has 0 saturated carbocycles. The fraction of sp³-hybridized carbons (Fsp3) is 0.273. The van der Waals surface area contributed by atoms with E-state index in [1.54, 1.807) is 24.3 Å². The molecule has 0 fully saturated rings. The molecule has 0 unspecified atom stereocenters. The van der Waals surface area contributed by atoms with Crippen molar-refractivity contribution < 1.29 is 19.4 Å². The third-order valence-electron chi connectivity index (χ3n) is 2.13. The van der Waals surface area contributed by atoms with E-state index in [0.717, 1.165) is 0 Å². The van der Waals surface area contributed by atoms with Crippen molar-refractivity contribution >= 4 is 24.2 Å². The Morgan fingerprint density at radius 3 is 2.29 bits per heavy atom. The Labute approximate surface area is 105 Å². The maximum atomic E-state index is 11.6. The number of ketones is 1. The summed E-state index contributed by atoms with van der Waals surface area (Å²) in [6.45, 7) is 0. The van der Waals surface area contributed by atoms with Crippen LogP contribution < -0.4 is 10.5 Å². The van der Waals surface area contributed by atoms with Crippen molar-refractivity contribution in [3.63, 3.8) is 0 Å². The van der Waals surface area contributed by atoms with Crippen molar-refractivity contribution in [2.75, 3.05) is 7.11 Å². The summed E-state index contributed by atoms with van der Waals surface area (Å²) in [5.41, 5.74) is 5.69. The fourth-order valence-corrected chi connectivity index (χ4v) is 1.18. The molecule has 0 heterocycles. The number of rotatable bonds is 5. The Bertz CT molecular complexity index is 391. The molecule has 0 aliphatic rings. The molecular formula is C11H14ClNO4. The minimum Gasteiger partial charge on any atom is -0.497 e. The molecule has 17 heavy (non-hydrogen) atoms. The van der Waals surface area contributed by atoms with Crippen LogP contribution in [0.2, 0.25) is 0 Å². The summed E-state index contributed by atoms with van der Waals surface area (Å²) in [4.78, 5) is 22.0. The lowest BCUT2D eigenvalue weighted by Crippen LogP contribution is -2.32. The molecular weight excluding hydrogens is 246 g/mol. The summed E-state index contributed by atoms with van der Waals surface area (Å²) in [6, 6.07) is 5.28. The van der Waals surface area contributed by atoms with E-state index in [1.807, 2.05) is 0 Å². The maximum absolute atomic E-state index is 11.6. The molecule has 5 nitrogen and oxygen atoms in total. The molecule has 1 aromatic rings. The highest BCUT2D eigenvalue weighted by atomic mass is 35.5. The van der Waals surface area contributed by atoms with E-state index >= 15 is 0 Å². The number of hydrogen-bond donors (Lipinski definition) is 2. The molecule has 0 spiro atoms. The molecule has 0 aliphatic heterocycles. The maximum Gasteiger partial charge on any atom is 0.320 e. The van der Waals surface area contributed by atoms with E-state index in [9.17, 15) is 9.59 Å². The van der Waals surface area contributed by atoms with E-state index in [-0.39, 0.29) is 24.6 Å². The lowest BCUT2D eigenvalue weighted by molar-refractivity contribution is -0.138. The zero-order valence-corrected chi connectivity index (χ0v) is 10.1. The first-order chi connectivity index (χ1) is 7.54. The Morgan fingerprint density at radius 1 is 1.35 bits per heavy atom. The second-order valence-electron chi connectivity index (χ2n) is 3.30. The number of ether oxygens (including phenoxy) is 1.